The smallest absolute Gasteiger partial charge is 0.338 e. The van der Waals surface area contributed by atoms with Gasteiger partial charge in [0.05, 0.1) is 5.56 Å². The third kappa shape index (κ3) is 2.72. The molecule has 0 saturated heterocycles. The topological polar surface area (TPSA) is 46.5 Å². The average Bonchev–Trinajstić information content (AvgIpc) is 2.47. The highest BCUT2D eigenvalue weighted by Gasteiger charge is 2.10. The van der Waals surface area contributed by atoms with Crippen molar-refractivity contribution in [2.45, 2.75) is 6.42 Å². The largest absolute Gasteiger partial charge is 0.508 e. The molecule has 2 rings (SSSR count). The fourth-order valence-corrected chi connectivity index (χ4v) is 2.09. The van der Waals surface area contributed by atoms with Crippen LogP contribution in [0.4, 0.5) is 0 Å². The van der Waals surface area contributed by atoms with Gasteiger partial charge in [0.1, 0.15) is 12.4 Å². The van der Waals surface area contributed by atoms with Crippen molar-refractivity contribution in [3.63, 3.8) is 0 Å². The lowest BCUT2D eigenvalue weighted by Gasteiger charge is -2.09. The van der Waals surface area contributed by atoms with Crippen molar-refractivity contribution in [2.75, 3.05) is 6.61 Å². The molecule has 0 unspecified atom stereocenters. The minimum Gasteiger partial charge on any atom is -0.508 e. The van der Waals surface area contributed by atoms with Crippen molar-refractivity contribution < 1.29 is 14.6 Å². The molecule has 0 fully saturated rings. The van der Waals surface area contributed by atoms with Crippen LogP contribution in [0.2, 0.25) is 0 Å². The van der Waals surface area contributed by atoms with E-state index in [1.807, 2.05) is 6.07 Å². The summed E-state index contributed by atoms with van der Waals surface area (Å²) in [4.78, 5) is 11.8. The summed E-state index contributed by atoms with van der Waals surface area (Å²) in [6, 6.07) is 8.67. The molecule has 0 bridgehead atoms. The fraction of sp³-hybridized carbons (Fsp3) is 0.118. The number of carbonyl (C=O) groups excluding carboxylic acids is 1. The molecule has 0 aromatic heterocycles. The van der Waals surface area contributed by atoms with E-state index < -0.39 is 0 Å². The van der Waals surface area contributed by atoms with Crippen LogP contribution >= 0.6 is 0 Å². The number of carbonyl (C=O) groups is 1. The van der Waals surface area contributed by atoms with Gasteiger partial charge < -0.3 is 9.84 Å². The van der Waals surface area contributed by atoms with E-state index in [-0.39, 0.29) is 18.3 Å². The van der Waals surface area contributed by atoms with Gasteiger partial charge in [0.2, 0.25) is 0 Å². The first-order valence-corrected chi connectivity index (χ1v) is 6.31. The molecule has 1 N–H and O–H groups in total. The minimum atomic E-state index is -0.384. The lowest BCUT2D eigenvalue weighted by atomic mass is 9.99. The Kier molecular flexibility index (Phi) is 4.20. The lowest BCUT2D eigenvalue weighted by molar-refractivity contribution is 0.0550. The molecular weight excluding hydrogens is 252 g/mol. The fourth-order valence-electron chi connectivity index (χ4n) is 2.09. The van der Waals surface area contributed by atoms with Crippen molar-refractivity contribution in [1.29, 1.82) is 0 Å². The van der Waals surface area contributed by atoms with Crippen LogP contribution in [0.3, 0.4) is 0 Å². The highest BCUT2D eigenvalue weighted by Crippen LogP contribution is 2.28. The highest BCUT2D eigenvalue weighted by atomic mass is 16.5. The molecule has 0 aliphatic rings. The summed E-state index contributed by atoms with van der Waals surface area (Å²) in [6.07, 6.45) is 3.84. The molecule has 0 saturated carbocycles. The van der Waals surface area contributed by atoms with E-state index in [2.05, 4.69) is 13.2 Å². The number of benzene rings is 2. The molecule has 0 aliphatic heterocycles. The molecule has 0 heterocycles. The average molecular weight is 268 g/mol. The van der Waals surface area contributed by atoms with Gasteiger partial charge in [-0.3, -0.25) is 0 Å². The van der Waals surface area contributed by atoms with Crippen LogP contribution in [-0.4, -0.2) is 17.7 Å². The van der Waals surface area contributed by atoms with Gasteiger partial charge in [-0.05, 0) is 35.4 Å². The van der Waals surface area contributed by atoms with Gasteiger partial charge in [-0.15, -0.1) is 6.58 Å². The van der Waals surface area contributed by atoms with Gasteiger partial charge in [0.25, 0.3) is 0 Å². The molecule has 20 heavy (non-hydrogen) atoms. The third-order valence-electron chi connectivity index (χ3n) is 3.02. The van der Waals surface area contributed by atoms with Crippen molar-refractivity contribution in [2.24, 2.45) is 0 Å². The van der Waals surface area contributed by atoms with Crippen LogP contribution in [-0.2, 0) is 11.2 Å². The Hall–Kier alpha value is -2.55. The van der Waals surface area contributed by atoms with Crippen LogP contribution in [0.15, 0.2) is 55.6 Å². The van der Waals surface area contributed by atoms with Crippen LogP contribution < -0.4 is 0 Å². The minimum absolute atomic E-state index is 0.189. The van der Waals surface area contributed by atoms with Crippen molar-refractivity contribution >= 4 is 16.7 Å². The summed E-state index contributed by atoms with van der Waals surface area (Å²) < 4.78 is 5.01. The first-order valence-electron chi connectivity index (χ1n) is 6.31. The Morgan fingerprint density at radius 1 is 1.20 bits per heavy atom. The number of allylic oxidation sites excluding steroid dienone is 1. The van der Waals surface area contributed by atoms with E-state index in [4.69, 9.17) is 4.74 Å². The first kappa shape index (κ1) is 13.9. The van der Waals surface area contributed by atoms with E-state index >= 15 is 0 Å². The predicted octanol–water partition coefficient (Wildman–Crippen LogP) is 3.62. The van der Waals surface area contributed by atoms with Gasteiger partial charge in [0.15, 0.2) is 0 Å². The van der Waals surface area contributed by atoms with Gasteiger partial charge >= 0.3 is 5.97 Å². The third-order valence-corrected chi connectivity index (χ3v) is 3.02. The number of ether oxygens (including phenoxy) is 1. The monoisotopic (exact) mass is 268 g/mol. The summed E-state index contributed by atoms with van der Waals surface area (Å²) in [5, 5.41) is 11.7. The zero-order valence-electron chi connectivity index (χ0n) is 11.1. The second-order valence-corrected chi connectivity index (χ2v) is 4.38. The molecule has 2 aromatic rings. The zero-order valence-corrected chi connectivity index (χ0v) is 11.1. The Morgan fingerprint density at radius 2 is 2.00 bits per heavy atom. The molecule has 3 heteroatoms. The van der Waals surface area contributed by atoms with E-state index in [0.29, 0.717) is 12.0 Å². The number of phenolic OH excluding ortho intramolecular Hbond substituents is 1. The second-order valence-electron chi connectivity index (χ2n) is 4.38. The SMILES string of the molecule is C=CCOC(=O)c1ccc2c(CC=C)c(O)ccc2c1. The van der Waals surface area contributed by atoms with Crippen molar-refractivity contribution in [3.8, 4) is 5.75 Å². The van der Waals surface area contributed by atoms with E-state index in [0.717, 1.165) is 16.3 Å². The van der Waals surface area contributed by atoms with E-state index in [1.54, 1.807) is 30.3 Å². The molecule has 0 spiro atoms. The summed E-state index contributed by atoms with van der Waals surface area (Å²) in [5.41, 5.74) is 1.29. The normalized spacial score (nSPS) is 10.2. The number of hydrogen-bond donors (Lipinski definition) is 1. The van der Waals surface area contributed by atoms with Crippen molar-refractivity contribution in [3.05, 3.63) is 66.8 Å². The first-order chi connectivity index (χ1) is 9.67. The standard InChI is InChI=1S/C17H16O3/c1-3-5-15-14-8-6-13(17(19)20-10-4-2)11-12(14)7-9-16(15)18/h3-4,6-9,11,18H,1-2,5,10H2. The van der Waals surface area contributed by atoms with Gasteiger partial charge in [0, 0.05) is 5.56 Å². The molecule has 0 radical (unpaired) electrons. The molecule has 0 aliphatic carbocycles. The molecule has 102 valence electrons. The summed E-state index contributed by atoms with van der Waals surface area (Å²) in [7, 11) is 0. The van der Waals surface area contributed by atoms with E-state index in [1.165, 1.54) is 6.08 Å². The number of hydrogen-bond acceptors (Lipinski definition) is 3. The summed E-state index contributed by atoms with van der Waals surface area (Å²) in [6.45, 7) is 7.38. The van der Waals surface area contributed by atoms with Crippen molar-refractivity contribution in [1.82, 2.24) is 0 Å². The Labute approximate surface area is 117 Å². The quantitative estimate of drug-likeness (QED) is 0.665. The summed E-state index contributed by atoms with van der Waals surface area (Å²) in [5.74, 6) is -0.149. The molecule has 3 nitrogen and oxygen atoms in total. The number of phenols is 1. The maximum Gasteiger partial charge on any atom is 0.338 e. The summed E-state index contributed by atoms with van der Waals surface area (Å²) >= 11 is 0. The number of fused-ring (bicyclic) bond motifs is 1. The Balaban J connectivity index is 2.45. The zero-order chi connectivity index (χ0) is 14.5. The highest BCUT2D eigenvalue weighted by molar-refractivity contribution is 5.97. The van der Waals surface area contributed by atoms with Gasteiger partial charge in [-0.1, -0.05) is 30.9 Å². The maximum atomic E-state index is 11.8. The number of rotatable bonds is 5. The molecule has 2 aromatic carbocycles. The second kappa shape index (κ2) is 6.06. The lowest BCUT2D eigenvalue weighted by Crippen LogP contribution is -2.04. The van der Waals surface area contributed by atoms with E-state index in [9.17, 15) is 9.90 Å². The molecular formula is C17H16O3. The molecule has 0 amide bonds. The van der Waals surface area contributed by atoms with Gasteiger partial charge in [-0.25, -0.2) is 4.79 Å². The van der Waals surface area contributed by atoms with Gasteiger partial charge in [-0.2, -0.15) is 0 Å². The number of aromatic hydroxyl groups is 1. The van der Waals surface area contributed by atoms with Crippen LogP contribution in [0.25, 0.3) is 10.8 Å². The maximum absolute atomic E-state index is 11.8. The Bertz CT molecular complexity index is 671. The van der Waals surface area contributed by atoms with Crippen LogP contribution in [0.5, 0.6) is 5.75 Å². The molecule has 0 atom stereocenters. The number of esters is 1. The van der Waals surface area contributed by atoms with Crippen LogP contribution in [0, 0.1) is 0 Å². The van der Waals surface area contributed by atoms with Crippen LogP contribution in [0.1, 0.15) is 15.9 Å². The Morgan fingerprint density at radius 3 is 2.70 bits per heavy atom. The predicted molar refractivity (Wildman–Crippen MR) is 80.0 cm³/mol.